The molecule has 0 fully saturated rings. The average molecular weight is 255 g/mol. The molecule has 0 aliphatic carbocycles. The first-order valence-corrected chi connectivity index (χ1v) is 6.74. The van der Waals surface area contributed by atoms with Gasteiger partial charge in [-0.1, -0.05) is 54.6 Å². The van der Waals surface area contributed by atoms with Crippen molar-refractivity contribution in [3.63, 3.8) is 0 Å². The number of nitrogens with zero attached hydrogens (tertiary/aromatic N) is 1. The Bertz CT molecular complexity index is 895. The van der Waals surface area contributed by atoms with E-state index in [0.717, 1.165) is 0 Å². The van der Waals surface area contributed by atoms with Crippen LogP contribution >= 0.6 is 0 Å². The van der Waals surface area contributed by atoms with Crippen molar-refractivity contribution in [1.82, 2.24) is 4.98 Å². The first kappa shape index (κ1) is 11.2. The van der Waals surface area contributed by atoms with Gasteiger partial charge in [-0.25, -0.2) is 0 Å². The molecule has 1 heterocycles. The van der Waals surface area contributed by atoms with Crippen LogP contribution in [0.1, 0.15) is 0 Å². The van der Waals surface area contributed by atoms with Crippen molar-refractivity contribution in [2.75, 3.05) is 0 Å². The second kappa shape index (κ2) is 4.46. The summed E-state index contributed by atoms with van der Waals surface area (Å²) in [5.74, 6) is 0. The molecule has 1 nitrogen and oxygen atoms in total. The highest BCUT2D eigenvalue weighted by atomic mass is 14.6. The maximum absolute atomic E-state index is 4.27. The Morgan fingerprint density at radius 2 is 1.35 bits per heavy atom. The molecule has 0 atom stereocenters. The van der Waals surface area contributed by atoms with Crippen LogP contribution in [0.4, 0.5) is 0 Å². The van der Waals surface area contributed by atoms with E-state index in [1.165, 1.54) is 32.7 Å². The molecule has 0 radical (unpaired) electrons. The fourth-order valence-electron chi connectivity index (χ4n) is 2.70. The summed E-state index contributed by atoms with van der Waals surface area (Å²) in [4.78, 5) is 4.27. The molecule has 4 aromatic rings. The minimum absolute atomic E-state index is 1.21. The van der Waals surface area contributed by atoms with Crippen LogP contribution in [0, 0.1) is 0 Å². The lowest BCUT2D eigenvalue weighted by molar-refractivity contribution is 1.37. The Labute approximate surface area is 117 Å². The molecule has 0 saturated heterocycles. The number of hydrogen-bond donors (Lipinski definition) is 0. The first-order chi connectivity index (χ1) is 9.92. The summed E-state index contributed by atoms with van der Waals surface area (Å²) < 4.78 is 0. The first-order valence-electron chi connectivity index (χ1n) is 6.74. The molecule has 0 aliphatic rings. The van der Waals surface area contributed by atoms with Gasteiger partial charge in [-0.15, -0.1) is 0 Å². The number of pyridine rings is 1. The lowest BCUT2D eigenvalue weighted by Gasteiger charge is -2.07. The third kappa shape index (κ3) is 1.76. The minimum Gasteiger partial charge on any atom is -0.264 e. The van der Waals surface area contributed by atoms with Crippen LogP contribution in [0.15, 0.2) is 79.1 Å². The molecule has 1 aromatic heterocycles. The van der Waals surface area contributed by atoms with E-state index in [1.807, 2.05) is 18.5 Å². The van der Waals surface area contributed by atoms with Gasteiger partial charge in [-0.05, 0) is 39.4 Å². The maximum Gasteiger partial charge on any atom is 0.0352 e. The van der Waals surface area contributed by atoms with E-state index in [1.54, 1.807) is 0 Å². The van der Waals surface area contributed by atoms with E-state index in [9.17, 15) is 0 Å². The van der Waals surface area contributed by atoms with Crippen LogP contribution in [0.25, 0.3) is 32.7 Å². The third-order valence-electron chi connectivity index (χ3n) is 3.75. The maximum atomic E-state index is 4.27. The van der Waals surface area contributed by atoms with Gasteiger partial charge in [-0.3, -0.25) is 4.98 Å². The highest BCUT2D eigenvalue weighted by Crippen LogP contribution is 2.29. The quantitative estimate of drug-likeness (QED) is 0.433. The number of aromatic nitrogens is 1. The summed E-state index contributed by atoms with van der Waals surface area (Å²) in [6, 6.07) is 23.5. The van der Waals surface area contributed by atoms with Crippen LogP contribution in [0.2, 0.25) is 0 Å². The van der Waals surface area contributed by atoms with Crippen molar-refractivity contribution in [3.8, 4) is 11.1 Å². The Kier molecular flexibility index (Phi) is 2.49. The minimum atomic E-state index is 1.21. The van der Waals surface area contributed by atoms with Crippen molar-refractivity contribution in [1.29, 1.82) is 0 Å². The van der Waals surface area contributed by atoms with Crippen molar-refractivity contribution in [2.24, 2.45) is 0 Å². The molecular weight excluding hydrogens is 242 g/mol. The molecule has 94 valence electrons. The molecule has 0 N–H and O–H groups in total. The van der Waals surface area contributed by atoms with Gasteiger partial charge in [0.25, 0.3) is 0 Å². The molecule has 3 aromatic carbocycles. The summed E-state index contributed by atoms with van der Waals surface area (Å²) in [7, 11) is 0. The highest BCUT2D eigenvalue weighted by molar-refractivity contribution is 6.08. The Morgan fingerprint density at radius 1 is 0.600 bits per heavy atom. The number of rotatable bonds is 1. The molecule has 20 heavy (non-hydrogen) atoms. The van der Waals surface area contributed by atoms with Crippen molar-refractivity contribution in [2.45, 2.75) is 0 Å². The second-order valence-electron chi connectivity index (χ2n) is 4.96. The molecule has 0 bridgehead atoms. The SMILES string of the molecule is c1ccc(-c2ccc3ccc4ccncc4c3c2)cc1. The van der Waals surface area contributed by atoms with Crippen LogP contribution in [-0.2, 0) is 0 Å². The summed E-state index contributed by atoms with van der Waals surface area (Å²) >= 11 is 0. The Hall–Kier alpha value is -2.67. The van der Waals surface area contributed by atoms with Gasteiger partial charge in [0.1, 0.15) is 0 Å². The summed E-state index contributed by atoms with van der Waals surface area (Å²) in [6.07, 6.45) is 3.79. The molecule has 0 saturated carbocycles. The number of hydrogen-bond acceptors (Lipinski definition) is 1. The third-order valence-corrected chi connectivity index (χ3v) is 3.75. The molecule has 0 unspecified atom stereocenters. The number of fused-ring (bicyclic) bond motifs is 3. The van der Waals surface area contributed by atoms with E-state index in [0.29, 0.717) is 0 Å². The van der Waals surface area contributed by atoms with Crippen LogP contribution < -0.4 is 0 Å². The van der Waals surface area contributed by atoms with Gasteiger partial charge in [-0.2, -0.15) is 0 Å². The monoisotopic (exact) mass is 255 g/mol. The Balaban J connectivity index is 2.05. The lowest BCUT2D eigenvalue weighted by atomic mass is 9.98. The number of benzene rings is 3. The van der Waals surface area contributed by atoms with Gasteiger partial charge in [0.05, 0.1) is 0 Å². The van der Waals surface area contributed by atoms with E-state index in [4.69, 9.17) is 0 Å². The van der Waals surface area contributed by atoms with Gasteiger partial charge in [0.2, 0.25) is 0 Å². The summed E-state index contributed by atoms with van der Waals surface area (Å²) in [5, 5.41) is 4.96. The zero-order valence-corrected chi connectivity index (χ0v) is 11.0. The standard InChI is InChI=1S/C19H13N/c1-2-4-14(5-3-1)17-9-8-15-6-7-16-10-11-20-13-19(16)18(15)12-17/h1-13H. The second-order valence-corrected chi connectivity index (χ2v) is 4.96. The van der Waals surface area contributed by atoms with E-state index >= 15 is 0 Å². The van der Waals surface area contributed by atoms with Gasteiger partial charge in [0.15, 0.2) is 0 Å². The van der Waals surface area contributed by atoms with E-state index in [2.05, 4.69) is 65.6 Å². The fourth-order valence-corrected chi connectivity index (χ4v) is 2.70. The van der Waals surface area contributed by atoms with E-state index in [-0.39, 0.29) is 0 Å². The smallest absolute Gasteiger partial charge is 0.0352 e. The zero-order valence-electron chi connectivity index (χ0n) is 11.0. The molecular formula is C19H13N. The topological polar surface area (TPSA) is 12.9 Å². The van der Waals surface area contributed by atoms with Gasteiger partial charge in [0, 0.05) is 17.8 Å². The molecule has 4 rings (SSSR count). The summed E-state index contributed by atoms with van der Waals surface area (Å²) in [5.41, 5.74) is 2.49. The van der Waals surface area contributed by atoms with Crippen LogP contribution in [0.3, 0.4) is 0 Å². The average Bonchev–Trinajstić information content (AvgIpc) is 2.55. The van der Waals surface area contributed by atoms with E-state index < -0.39 is 0 Å². The lowest BCUT2D eigenvalue weighted by Crippen LogP contribution is -1.82. The predicted molar refractivity (Wildman–Crippen MR) is 84.7 cm³/mol. The normalized spacial score (nSPS) is 11.0. The summed E-state index contributed by atoms with van der Waals surface area (Å²) in [6.45, 7) is 0. The fraction of sp³-hybridized carbons (Fsp3) is 0. The van der Waals surface area contributed by atoms with Crippen molar-refractivity contribution < 1.29 is 0 Å². The van der Waals surface area contributed by atoms with Gasteiger partial charge >= 0.3 is 0 Å². The molecule has 0 spiro atoms. The van der Waals surface area contributed by atoms with Crippen LogP contribution in [-0.4, -0.2) is 4.98 Å². The Morgan fingerprint density at radius 3 is 2.20 bits per heavy atom. The zero-order chi connectivity index (χ0) is 13.4. The predicted octanol–water partition coefficient (Wildman–Crippen LogP) is 5.06. The van der Waals surface area contributed by atoms with Gasteiger partial charge < -0.3 is 0 Å². The van der Waals surface area contributed by atoms with Crippen molar-refractivity contribution in [3.05, 3.63) is 79.1 Å². The largest absolute Gasteiger partial charge is 0.264 e. The highest BCUT2D eigenvalue weighted by Gasteiger charge is 2.03. The van der Waals surface area contributed by atoms with Crippen molar-refractivity contribution >= 4 is 21.5 Å². The molecule has 1 heteroatoms. The van der Waals surface area contributed by atoms with Crippen LogP contribution in [0.5, 0.6) is 0 Å². The molecule has 0 amide bonds. The molecule has 0 aliphatic heterocycles.